The van der Waals surface area contributed by atoms with Gasteiger partial charge in [-0.3, -0.25) is 0 Å². The van der Waals surface area contributed by atoms with Gasteiger partial charge in [-0.15, -0.1) is 0 Å². The fourth-order valence-electron chi connectivity index (χ4n) is 4.65. The highest BCUT2D eigenvalue weighted by atomic mass is 16.5. The van der Waals surface area contributed by atoms with Crippen LogP contribution in [-0.2, 0) is 0 Å². The Bertz CT molecular complexity index is 699. The second kappa shape index (κ2) is 9.11. The second-order valence-corrected chi connectivity index (χ2v) is 8.40. The molecule has 160 valence electrons. The monoisotopic (exact) mass is 403 g/mol. The molecule has 29 heavy (non-hydrogen) atoms. The minimum absolute atomic E-state index is 0.112. The van der Waals surface area contributed by atoms with Crippen molar-refractivity contribution < 1.29 is 19.4 Å². The molecule has 0 bridgehead atoms. The summed E-state index contributed by atoms with van der Waals surface area (Å²) in [7, 11) is 1.68. The van der Waals surface area contributed by atoms with E-state index < -0.39 is 0 Å². The number of anilines is 1. The predicted octanol–water partition coefficient (Wildman–Crippen LogP) is 2.57. The SMILES string of the molecule is COc1ccc(N2CCN(C(=O)N3CCC(CO)C3)CC2)cc1OC1CCCC1. The summed E-state index contributed by atoms with van der Waals surface area (Å²) in [6.07, 6.45) is 5.88. The van der Waals surface area contributed by atoms with Crippen molar-refractivity contribution in [3.05, 3.63) is 18.2 Å². The predicted molar refractivity (Wildman–Crippen MR) is 112 cm³/mol. The molecule has 1 aromatic carbocycles. The van der Waals surface area contributed by atoms with E-state index in [9.17, 15) is 9.90 Å². The van der Waals surface area contributed by atoms with Gasteiger partial charge in [0.05, 0.1) is 13.2 Å². The number of likely N-dealkylation sites (tertiary alicyclic amines) is 1. The molecule has 7 nitrogen and oxygen atoms in total. The molecule has 0 radical (unpaired) electrons. The van der Waals surface area contributed by atoms with Crippen molar-refractivity contribution in [1.82, 2.24) is 9.80 Å². The Balaban J connectivity index is 1.36. The lowest BCUT2D eigenvalue weighted by Crippen LogP contribution is -2.52. The largest absolute Gasteiger partial charge is 0.493 e. The number of hydrogen-bond acceptors (Lipinski definition) is 5. The Morgan fingerprint density at radius 2 is 1.79 bits per heavy atom. The smallest absolute Gasteiger partial charge is 0.320 e. The van der Waals surface area contributed by atoms with Crippen LogP contribution in [-0.4, -0.2) is 80.0 Å². The first-order valence-electron chi connectivity index (χ1n) is 10.9. The van der Waals surface area contributed by atoms with E-state index in [4.69, 9.17) is 9.47 Å². The minimum Gasteiger partial charge on any atom is -0.493 e. The van der Waals surface area contributed by atoms with Gasteiger partial charge < -0.3 is 29.3 Å². The van der Waals surface area contributed by atoms with Crippen LogP contribution < -0.4 is 14.4 Å². The zero-order valence-electron chi connectivity index (χ0n) is 17.4. The van der Waals surface area contributed by atoms with Crippen LogP contribution in [0, 0.1) is 5.92 Å². The molecular weight excluding hydrogens is 370 g/mol. The molecule has 2 heterocycles. The summed E-state index contributed by atoms with van der Waals surface area (Å²) in [6, 6.07) is 6.25. The molecule has 1 atom stereocenters. The molecule has 1 saturated carbocycles. The third-order valence-corrected chi connectivity index (χ3v) is 6.47. The number of aliphatic hydroxyl groups is 1. The molecule has 1 aromatic rings. The summed E-state index contributed by atoms with van der Waals surface area (Å²) in [6.45, 7) is 4.63. The quantitative estimate of drug-likeness (QED) is 0.819. The van der Waals surface area contributed by atoms with E-state index in [0.29, 0.717) is 19.6 Å². The van der Waals surface area contributed by atoms with Crippen LogP contribution in [0.2, 0.25) is 0 Å². The van der Waals surface area contributed by atoms with Gasteiger partial charge in [-0.05, 0) is 44.2 Å². The van der Waals surface area contributed by atoms with E-state index in [0.717, 1.165) is 56.1 Å². The van der Waals surface area contributed by atoms with Crippen molar-refractivity contribution in [1.29, 1.82) is 0 Å². The van der Waals surface area contributed by atoms with Crippen LogP contribution in [0.3, 0.4) is 0 Å². The number of ether oxygens (including phenoxy) is 2. The Kier molecular flexibility index (Phi) is 6.33. The Labute approximate surface area is 173 Å². The number of hydrogen-bond donors (Lipinski definition) is 1. The summed E-state index contributed by atoms with van der Waals surface area (Å²) in [5, 5.41) is 9.31. The highest BCUT2D eigenvalue weighted by Gasteiger charge is 2.31. The number of amides is 2. The average Bonchev–Trinajstić information content (AvgIpc) is 3.45. The van der Waals surface area contributed by atoms with E-state index in [1.54, 1.807) is 7.11 Å². The first-order chi connectivity index (χ1) is 14.2. The van der Waals surface area contributed by atoms with Gasteiger partial charge in [0.15, 0.2) is 11.5 Å². The molecular formula is C22H33N3O4. The normalized spacial score (nSPS) is 23.0. The molecule has 0 aromatic heterocycles. The van der Waals surface area contributed by atoms with Crippen LogP contribution in [0.1, 0.15) is 32.1 Å². The van der Waals surface area contributed by atoms with Crippen molar-refractivity contribution in [2.45, 2.75) is 38.2 Å². The first-order valence-corrected chi connectivity index (χ1v) is 10.9. The maximum absolute atomic E-state index is 12.8. The van der Waals surface area contributed by atoms with Crippen molar-refractivity contribution in [2.24, 2.45) is 5.92 Å². The lowest BCUT2D eigenvalue weighted by Gasteiger charge is -2.38. The van der Waals surface area contributed by atoms with Gasteiger partial charge in [0, 0.05) is 63.5 Å². The third-order valence-electron chi connectivity index (χ3n) is 6.47. The highest BCUT2D eigenvalue weighted by Crippen LogP contribution is 2.35. The van der Waals surface area contributed by atoms with Crippen LogP contribution in [0.4, 0.5) is 10.5 Å². The third kappa shape index (κ3) is 4.55. The number of urea groups is 1. The number of nitrogens with zero attached hydrogens (tertiary/aromatic N) is 3. The van der Waals surface area contributed by atoms with E-state index >= 15 is 0 Å². The topological polar surface area (TPSA) is 65.5 Å². The van der Waals surface area contributed by atoms with Crippen LogP contribution >= 0.6 is 0 Å². The summed E-state index contributed by atoms with van der Waals surface area (Å²) < 4.78 is 11.7. The van der Waals surface area contributed by atoms with Crippen molar-refractivity contribution in [3.8, 4) is 11.5 Å². The second-order valence-electron chi connectivity index (χ2n) is 8.40. The number of carbonyl (C=O) groups is 1. The van der Waals surface area contributed by atoms with Gasteiger partial charge in [-0.25, -0.2) is 4.79 Å². The van der Waals surface area contributed by atoms with E-state index in [1.165, 1.54) is 12.8 Å². The average molecular weight is 404 g/mol. The zero-order valence-corrected chi connectivity index (χ0v) is 17.4. The Morgan fingerprint density at radius 1 is 1.03 bits per heavy atom. The summed E-state index contributed by atoms with van der Waals surface area (Å²) in [5.41, 5.74) is 1.12. The van der Waals surface area contributed by atoms with Crippen molar-refractivity contribution in [3.63, 3.8) is 0 Å². The number of benzene rings is 1. The highest BCUT2D eigenvalue weighted by molar-refractivity contribution is 5.75. The summed E-state index contributed by atoms with van der Waals surface area (Å²) >= 11 is 0. The molecule has 2 aliphatic heterocycles. The van der Waals surface area contributed by atoms with Gasteiger partial charge in [-0.1, -0.05) is 0 Å². The molecule has 3 aliphatic rings. The first kappa shape index (κ1) is 20.1. The van der Waals surface area contributed by atoms with Crippen LogP contribution in [0.25, 0.3) is 0 Å². The number of aliphatic hydroxyl groups excluding tert-OH is 1. The number of rotatable bonds is 5. The lowest BCUT2D eigenvalue weighted by atomic mass is 10.1. The molecule has 1 aliphatic carbocycles. The van der Waals surface area contributed by atoms with Gasteiger partial charge in [-0.2, -0.15) is 0 Å². The fourth-order valence-corrected chi connectivity index (χ4v) is 4.65. The lowest BCUT2D eigenvalue weighted by molar-refractivity contribution is 0.154. The van der Waals surface area contributed by atoms with Gasteiger partial charge >= 0.3 is 6.03 Å². The maximum atomic E-state index is 12.8. The number of carbonyl (C=O) groups excluding carboxylic acids is 1. The molecule has 2 saturated heterocycles. The van der Waals surface area contributed by atoms with E-state index in [2.05, 4.69) is 17.0 Å². The molecule has 2 amide bonds. The van der Waals surface area contributed by atoms with Gasteiger partial charge in [0.2, 0.25) is 0 Å². The maximum Gasteiger partial charge on any atom is 0.320 e. The molecule has 1 unspecified atom stereocenters. The minimum atomic E-state index is 0.112. The Morgan fingerprint density at radius 3 is 2.45 bits per heavy atom. The van der Waals surface area contributed by atoms with Crippen LogP contribution in [0.5, 0.6) is 11.5 Å². The molecule has 3 fully saturated rings. The fraction of sp³-hybridized carbons (Fsp3) is 0.682. The number of methoxy groups -OCH3 is 1. The van der Waals surface area contributed by atoms with Crippen molar-refractivity contribution in [2.75, 3.05) is 57.9 Å². The molecule has 7 heteroatoms. The standard InChI is InChI=1S/C22H33N3O4/c1-28-20-7-6-18(14-21(20)29-19-4-2-3-5-19)23-10-12-24(13-11-23)22(27)25-9-8-17(15-25)16-26/h6-7,14,17,19,26H,2-5,8-13,15-16H2,1H3. The summed E-state index contributed by atoms with van der Waals surface area (Å²) in [5.74, 6) is 1.84. The Hall–Kier alpha value is -2.15. The van der Waals surface area contributed by atoms with Crippen molar-refractivity contribution >= 4 is 11.7 Å². The summed E-state index contributed by atoms with van der Waals surface area (Å²) in [4.78, 5) is 18.9. The molecule has 1 N–H and O–H groups in total. The van der Waals surface area contributed by atoms with Crippen LogP contribution in [0.15, 0.2) is 18.2 Å². The molecule has 4 rings (SSSR count). The van der Waals surface area contributed by atoms with Gasteiger partial charge in [0.1, 0.15) is 0 Å². The van der Waals surface area contributed by atoms with E-state index in [1.807, 2.05) is 15.9 Å². The number of piperazine rings is 1. The molecule has 0 spiro atoms. The zero-order chi connectivity index (χ0) is 20.2. The van der Waals surface area contributed by atoms with Gasteiger partial charge in [0.25, 0.3) is 0 Å². The van der Waals surface area contributed by atoms with E-state index in [-0.39, 0.29) is 24.7 Å².